The minimum Gasteiger partial charge on any atom is -0.674 e. The lowest BCUT2D eigenvalue weighted by Crippen LogP contribution is -2.26. The van der Waals surface area contributed by atoms with Gasteiger partial charge in [-0.1, -0.05) is 30.3 Å². The molecule has 0 radical (unpaired) electrons. The van der Waals surface area contributed by atoms with Crippen molar-refractivity contribution in [3.8, 4) is 0 Å². The van der Waals surface area contributed by atoms with E-state index in [1.54, 1.807) is 0 Å². The number of hydrogen-bond acceptors (Lipinski definition) is 5. The van der Waals surface area contributed by atoms with Crippen LogP contribution in [0.1, 0.15) is 40.2 Å². The van der Waals surface area contributed by atoms with Gasteiger partial charge in [0.05, 0.1) is 5.41 Å². The van der Waals surface area contributed by atoms with Crippen molar-refractivity contribution in [3.05, 3.63) is 65.7 Å². The van der Waals surface area contributed by atoms with Crippen molar-refractivity contribution in [3.63, 3.8) is 0 Å². The average molecular weight is 430 g/mol. The molecule has 3 rings (SSSR count). The molecule has 30 heavy (non-hydrogen) atoms. The summed E-state index contributed by atoms with van der Waals surface area (Å²) in [4.78, 5) is 11.2. The third-order valence-corrected chi connectivity index (χ3v) is 5.58. The molecule has 1 aliphatic heterocycles. The van der Waals surface area contributed by atoms with Gasteiger partial charge in [0, 0.05) is 37.9 Å². The Hall–Kier alpha value is -2.37. The first-order valence-electron chi connectivity index (χ1n) is 9.94. The van der Waals surface area contributed by atoms with Crippen LogP contribution >= 0.6 is 8.25 Å². The highest BCUT2D eigenvalue weighted by Crippen LogP contribution is 2.39. The first kappa shape index (κ1) is 23.9. The number of rotatable bonds is 6. The Morgan fingerprint density at radius 3 is 2.17 bits per heavy atom. The molecule has 1 atom stereocenters. The number of benzene rings is 2. The van der Waals surface area contributed by atoms with Gasteiger partial charge in [0.25, 0.3) is 0 Å². The number of hydrogen-bond donors (Lipinski definition) is 0. The topological polar surface area (TPSA) is 78.7 Å². The van der Waals surface area contributed by atoms with E-state index in [9.17, 15) is 0 Å². The Kier molecular flexibility index (Phi) is 8.44. The highest BCUT2D eigenvalue weighted by atomic mass is 31.1. The number of fused-ring (bicyclic) bond motifs is 1. The van der Waals surface area contributed by atoms with Gasteiger partial charge in [-0.05, 0) is 56.0 Å². The predicted molar refractivity (Wildman–Crippen MR) is 120 cm³/mol. The van der Waals surface area contributed by atoms with Crippen LogP contribution in [-0.2, 0) is 14.7 Å². The lowest BCUT2D eigenvalue weighted by molar-refractivity contribution is -0.644. The second-order valence-corrected chi connectivity index (χ2v) is 8.08. The maximum Gasteiger partial charge on any atom is 0.479 e. The van der Waals surface area contributed by atoms with E-state index in [0.29, 0.717) is 0 Å². The molecule has 162 valence electrons. The monoisotopic (exact) mass is 430 g/mol. The van der Waals surface area contributed by atoms with Crippen molar-refractivity contribution in [2.24, 2.45) is 0 Å². The first-order valence-corrected chi connectivity index (χ1v) is 11.0. The molecule has 0 amide bonds. The van der Waals surface area contributed by atoms with Gasteiger partial charge in [-0.25, -0.2) is 4.67 Å². The molecule has 1 heterocycles. The maximum absolute atomic E-state index is 8.87. The van der Waals surface area contributed by atoms with Gasteiger partial charge in [0.1, 0.15) is 7.05 Å². The van der Waals surface area contributed by atoms with Gasteiger partial charge in [0.15, 0.2) is 5.71 Å². The third-order valence-electron chi connectivity index (χ3n) is 5.46. The lowest BCUT2D eigenvalue weighted by atomic mass is 9.81. The third kappa shape index (κ3) is 5.41. The van der Waals surface area contributed by atoms with Crippen LogP contribution in [-0.4, -0.2) is 30.4 Å². The Labute approximate surface area is 181 Å². The zero-order valence-electron chi connectivity index (χ0n) is 18.2. The van der Waals surface area contributed by atoms with E-state index < -0.39 is 8.25 Å². The predicted octanol–water partition coefficient (Wildman–Crippen LogP) is 3.79. The zero-order valence-corrected chi connectivity index (χ0v) is 19.1. The molecule has 1 aliphatic rings. The van der Waals surface area contributed by atoms with Crippen molar-refractivity contribution in [1.82, 2.24) is 0 Å². The van der Waals surface area contributed by atoms with Crippen molar-refractivity contribution in [2.45, 2.75) is 33.1 Å². The number of anilines is 1. The fraction of sp³-hybridized carbons (Fsp3) is 0.348. The van der Waals surface area contributed by atoms with Gasteiger partial charge < -0.3 is 15.1 Å². The summed E-state index contributed by atoms with van der Waals surface area (Å²) in [5.41, 5.74) is 6.60. The summed E-state index contributed by atoms with van der Waals surface area (Å²) in [6.45, 7) is 11.1. The van der Waals surface area contributed by atoms with Gasteiger partial charge in [-0.15, -0.1) is 0 Å². The normalized spacial score (nSPS) is 15.0. The van der Waals surface area contributed by atoms with E-state index in [-0.39, 0.29) is 6.84 Å². The summed E-state index contributed by atoms with van der Waals surface area (Å²) in [7, 11) is -0.990. The lowest BCUT2D eigenvalue weighted by Gasteiger charge is -2.20. The van der Waals surface area contributed by atoms with E-state index in [1.807, 2.05) is 0 Å². The molecule has 7 heteroatoms. The molecule has 2 aromatic carbocycles. The molecule has 0 saturated carbocycles. The van der Waals surface area contributed by atoms with E-state index in [2.05, 4.69) is 110 Å². The van der Waals surface area contributed by atoms with Crippen LogP contribution in [0.25, 0.3) is 6.08 Å². The summed E-state index contributed by atoms with van der Waals surface area (Å²) in [5.74, 6) is 0. The first-order chi connectivity index (χ1) is 14.3. The Morgan fingerprint density at radius 1 is 1.10 bits per heavy atom. The Bertz CT molecular complexity index is 939. The molecule has 0 aromatic heterocycles. The maximum atomic E-state index is 8.87. The second kappa shape index (κ2) is 10.6. The molecule has 6 nitrogen and oxygen atoms in total. The summed E-state index contributed by atoms with van der Waals surface area (Å²) in [6.07, 6.45) is 4.50. The molecule has 0 N–H and O–H groups in total. The van der Waals surface area contributed by atoms with Crippen molar-refractivity contribution >= 4 is 31.4 Å². The van der Waals surface area contributed by atoms with Crippen molar-refractivity contribution in [1.29, 1.82) is 0 Å². The molecular weight excluding hydrogens is 399 g/mol. The van der Waals surface area contributed by atoms with E-state index in [0.717, 1.165) is 13.1 Å². The summed E-state index contributed by atoms with van der Waals surface area (Å²) < 4.78 is 13.6. The van der Waals surface area contributed by atoms with Crippen LogP contribution in [0.5, 0.6) is 0 Å². The number of nitrogens with zero attached hydrogens (tertiary/aromatic N) is 2. The smallest absolute Gasteiger partial charge is 0.479 e. The summed E-state index contributed by atoms with van der Waals surface area (Å²) in [5, 5.41) is 8.53. The van der Waals surface area contributed by atoms with E-state index in [1.165, 1.54) is 28.2 Å². The summed E-state index contributed by atoms with van der Waals surface area (Å²) >= 11 is 0. The quantitative estimate of drug-likeness (QED) is 0.302. The SMILES string of the molecule is CCN(CC)c1ccc(C=CC2=[N+](C)c3ccccc3C2(C)C)cc1.O=[P+]([O-])O[O-].[HH]. The minimum absolute atomic E-state index is 0. The molecule has 0 bridgehead atoms. The number of allylic oxidation sites excluding steroid dienone is 1. The molecule has 0 fully saturated rings. The number of para-hydroxylation sites is 1. The van der Waals surface area contributed by atoms with E-state index in [4.69, 9.17) is 14.7 Å². The van der Waals surface area contributed by atoms with Crippen LogP contribution < -0.4 is 15.1 Å². The zero-order chi connectivity index (χ0) is 22.3. The van der Waals surface area contributed by atoms with E-state index >= 15 is 0 Å². The van der Waals surface area contributed by atoms with Crippen LogP contribution in [0.3, 0.4) is 0 Å². The molecular formula is C23H31N2O4P. The van der Waals surface area contributed by atoms with Crippen LogP contribution in [0.2, 0.25) is 0 Å². The fourth-order valence-corrected chi connectivity index (χ4v) is 3.86. The second-order valence-electron chi connectivity index (χ2n) is 7.48. The fourth-order valence-electron chi connectivity index (χ4n) is 3.86. The van der Waals surface area contributed by atoms with Gasteiger partial charge in [-0.3, -0.25) is 0 Å². The van der Waals surface area contributed by atoms with Crippen molar-refractivity contribution in [2.75, 3.05) is 25.0 Å². The molecule has 2 aromatic rings. The molecule has 0 saturated heterocycles. The van der Waals surface area contributed by atoms with Crippen LogP contribution in [0.4, 0.5) is 11.4 Å². The standard InChI is InChI=1S/C23H29N2.HO4P.H2/c1-6-25(7-2)19-15-12-18(13-16-19)14-17-22-23(3,4)20-10-8-9-11-21(20)24(22)5;1-4-5(2)3;/h8-17H,6-7H2,1-5H3;1H;1H/q+1;;/p-1. The summed E-state index contributed by atoms with van der Waals surface area (Å²) in [6, 6.07) is 17.5. The Morgan fingerprint density at radius 2 is 1.67 bits per heavy atom. The molecule has 1 unspecified atom stereocenters. The van der Waals surface area contributed by atoms with Crippen LogP contribution in [0.15, 0.2) is 54.6 Å². The highest BCUT2D eigenvalue weighted by Gasteiger charge is 2.42. The molecule has 0 spiro atoms. The average Bonchev–Trinajstić information content (AvgIpc) is 2.94. The highest BCUT2D eigenvalue weighted by molar-refractivity contribution is 7.30. The van der Waals surface area contributed by atoms with Crippen molar-refractivity contribution < 1.29 is 25.4 Å². The van der Waals surface area contributed by atoms with Gasteiger partial charge in [0.2, 0.25) is 5.69 Å². The van der Waals surface area contributed by atoms with Crippen LogP contribution in [0, 0.1) is 0 Å². The largest absolute Gasteiger partial charge is 0.674 e. The molecule has 0 aliphatic carbocycles. The van der Waals surface area contributed by atoms with Gasteiger partial charge >= 0.3 is 8.25 Å². The Balaban J connectivity index is 0.000000721. The van der Waals surface area contributed by atoms with Gasteiger partial charge in [-0.2, -0.15) is 4.58 Å². The minimum atomic E-state index is -3.15.